The van der Waals surface area contributed by atoms with Gasteiger partial charge in [0.2, 0.25) is 0 Å². The molecule has 0 aliphatic carbocycles. The van der Waals surface area contributed by atoms with Crippen LogP contribution in [0, 0.1) is 0 Å². The number of nitrogens with zero attached hydrogens (tertiary/aromatic N) is 2. The van der Waals surface area contributed by atoms with Gasteiger partial charge in [-0.3, -0.25) is 14.5 Å². The van der Waals surface area contributed by atoms with Crippen LogP contribution in [-0.4, -0.2) is 37.3 Å². The number of carboxylic acids is 1. The van der Waals surface area contributed by atoms with E-state index in [1.165, 1.54) is 16.7 Å². The second-order valence-electron chi connectivity index (χ2n) is 6.67. The number of carboxylic acid groups (broad SMARTS) is 1. The maximum absolute atomic E-state index is 12.6. The highest BCUT2D eigenvalue weighted by Gasteiger charge is 2.31. The fraction of sp³-hybridized carbons (Fsp3) is 0.136. The molecule has 1 saturated heterocycles. The third-order valence-electron chi connectivity index (χ3n) is 4.60. The van der Waals surface area contributed by atoms with Crippen LogP contribution in [0.2, 0.25) is 0 Å². The van der Waals surface area contributed by atoms with Crippen LogP contribution in [0.25, 0.3) is 23.1 Å². The lowest BCUT2D eigenvalue weighted by Gasteiger charge is -2.13. The number of aliphatic carboxylic acids is 1. The highest BCUT2D eigenvalue weighted by molar-refractivity contribution is 8.26. The van der Waals surface area contributed by atoms with Gasteiger partial charge in [-0.2, -0.15) is 0 Å². The average Bonchev–Trinajstić information content (AvgIpc) is 3.46. The molecule has 0 spiro atoms. The molecule has 0 atom stereocenters. The average molecular weight is 439 g/mol. The third-order valence-corrected chi connectivity index (χ3v) is 5.98. The van der Waals surface area contributed by atoms with E-state index in [4.69, 9.17) is 21.7 Å². The van der Waals surface area contributed by atoms with Crippen molar-refractivity contribution in [2.75, 3.05) is 6.54 Å². The molecular weight excluding hydrogens is 420 g/mol. The number of hydrogen-bond acceptors (Lipinski definition) is 5. The van der Waals surface area contributed by atoms with E-state index < -0.39 is 5.97 Å². The van der Waals surface area contributed by atoms with E-state index in [1.54, 1.807) is 6.08 Å². The summed E-state index contributed by atoms with van der Waals surface area (Å²) in [6.07, 6.45) is 6.00. The Morgan fingerprint density at radius 3 is 2.57 bits per heavy atom. The lowest BCUT2D eigenvalue weighted by Crippen LogP contribution is -2.29. The smallest absolute Gasteiger partial charge is 0.303 e. The van der Waals surface area contributed by atoms with Gasteiger partial charge in [-0.15, -0.1) is 0 Å². The van der Waals surface area contributed by atoms with Crippen LogP contribution in [0.1, 0.15) is 18.6 Å². The van der Waals surface area contributed by atoms with E-state index in [9.17, 15) is 9.59 Å². The summed E-state index contributed by atoms with van der Waals surface area (Å²) < 4.78 is 8.36. The van der Waals surface area contributed by atoms with E-state index >= 15 is 0 Å². The van der Waals surface area contributed by atoms with Crippen LogP contribution < -0.4 is 0 Å². The normalized spacial score (nSPS) is 15.3. The number of rotatable bonds is 7. The highest BCUT2D eigenvalue weighted by Crippen LogP contribution is 2.34. The summed E-state index contributed by atoms with van der Waals surface area (Å²) in [5.41, 5.74) is 1.99. The molecule has 1 aromatic carbocycles. The van der Waals surface area contributed by atoms with Gasteiger partial charge in [0.1, 0.15) is 15.8 Å². The van der Waals surface area contributed by atoms with Crippen LogP contribution in [0.4, 0.5) is 0 Å². The second-order valence-corrected chi connectivity index (χ2v) is 8.35. The molecule has 6 nitrogen and oxygen atoms in total. The minimum atomic E-state index is -0.888. The van der Waals surface area contributed by atoms with E-state index in [0.717, 1.165) is 11.3 Å². The summed E-state index contributed by atoms with van der Waals surface area (Å²) in [5, 5.41) is 8.76. The fourth-order valence-corrected chi connectivity index (χ4v) is 4.39. The Kier molecular flexibility index (Phi) is 5.87. The fourth-order valence-electron chi connectivity index (χ4n) is 3.10. The molecule has 3 heterocycles. The third kappa shape index (κ3) is 4.39. The molecule has 0 radical (unpaired) electrons. The molecule has 1 N–H and O–H groups in total. The van der Waals surface area contributed by atoms with Crippen LogP contribution in [0.5, 0.6) is 0 Å². The molecule has 3 aromatic rings. The van der Waals surface area contributed by atoms with Crippen LogP contribution in [-0.2, 0) is 9.59 Å². The number of carbonyl (C=O) groups excluding carboxylic acids is 1. The highest BCUT2D eigenvalue weighted by atomic mass is 32.2. The number of aromatic nitrogens is 1. The molecule has 0 bridgehead atoms. The Hall–Kier alpha value is -3.10. The summed E-state index contributed by atoms with van der Waals surface area (Å²) in [7, 11) is 0. The molecular formula is C22H18N2O4S2. The van der Waals surface area contributed by atoms with Crippen LogP contribution in [0.3, 0.4) is 0 Å². The van der Waals surface area contributed by atoms with Gasteiger partial charge in [0.15, 0.2) is 0 Å². The van der Waals surface area contributed by atoms with Gasteiger partial charge in [-0.25, -0.2) is 0 Å². The number of furan rings is 1. The lowest BCUT2D eigenvalue weighted by atomic mass is 10.1. The molecule has 1 aliphatic rings. The summed E-state index contributed by atoms with van der Waals surface area (Å²) in [4.78, 5) is 25.2. The first kappa shape index (κ1) is 20.2. The van der Waals surface area contributed by atoms with Gasteiger partial charge < -0.3 is 14.1 Å². The van der Waals surface area contributed by atoms with Gasteiger partial charge in [0.25, 0.3) is 5.91 Å². The van der Waals surface area contributed by atoms with Crippen molar-refractivity contribution in [3.63, 3.8) is 0 Å². The minimum Gasteiger partial charge on any atom is -0.481 e. The largest absolute Gasteiger partial charge is 0.481 e. The van der Waals surface area contributed by atoms with E-state index in [0.29, 0.717) is 33.7 Å². The molecule has 0 saturated carbocycles. The Morgan fingerprint density at radius 2 is 1.87 bits per heavy atom. The quantitative estimate of drug-likeness (QED) is 0.422. The standard InChI is InChI=1S/C22H18N2O4S2/c25-20(26)4-3-13-24-21(27)19(30-22(24)29)14-17-9-10-18(28-17)15-5-7-16(8-6-15)23-11-1-2-12-23/h1-2,5-12,14H,3-4,13H2,(H,25,26)/b19-14-. The Balaban J connectivity index is 1.46. The predicted molar refractivity (Wildman–Crippen MR) is 120 cm³/mol. The van der Waals surface area contributed by atoms with Crippen molar-refractivity contribution in [2.45, 2.75) is 12.8 Å². The second kappa shape index (κ2) is 8.73. The molecule has 1 amide bonds. The summed E-state index contributed by atoms with van der Waals surface area (Å²) in [6, 6.07) is 15.6. The first-order valence-corrected chi connectivity index (χ1v) is 10.5. The summed E-state index contributed by atoms with van der Waals surface area (Å²) in [6.45, 7) is 0.297. The number of amides is 1. The molecule has 4 rings (SSSR count). The number of carbonyl (C=O) groups is 2. The van der Waals surface area contributed by atoms with Crippen molar-refractivity contribution in [3.8, 4) is 17.0 Å². The van der Waals surface area contributed by atoms with Crippen molar-refractivity contribution in [3.05, 3.63) is 71.6 Å². The monoisotopic (exact) mass is 438 g/mol. The van der Waals surface area contributed by atoms with Gasteiger partial charge in [-0.05, 0) is 55.0 Å². The summed E-state index contributed by atoms with van der Waals surface area (Å²) in [5.74, 6) is 0.160. The molecule has 8 heteroatoms. The van der Waals surface area contributed by atoms with Gasteiger partial charge in [-0.1, -0.05) is 24.0 Å². The number of thiocarbonyl (C=S) groups is 1. The van der Waals surface area contributed by atoms with Gasteiger partial charge in [0, 0.05) is 42.7 Å². The molecule has 0 unspecified atom stereocenters. The maximum atomic E-state index is 12.6. The molecule has 152 valence electrons. The zero-order chi connectivity index (χ0) is 21.1. The zero-order valence-corrected chi connectivity index (χ0v) is 17.5. The van der Waals surface area contributed by atoms with Crippen LogP contribution in [0.15, 0.2) is 70.2 Å². The lowest BCUT2D eigenvalue weighted by molar-refractivity contribution is -0.137. The zero-order valence-electron chi connectivity index (χ0n) is 15.9. The van der Waals surface area contributed by atoms with Crippen molar-refractivity contribution in [1.29, 1.82) is 0 Å². The first-order chi connectivity index (χ1) is 14.5. The van der Waals surface area contributed by atoms with Crippen molar-refractivity contribution < 1.29 is 19.1 Å². The molecule has 1 aliphatic heterocycles. The Bertz CT molecular complexity index is 1110. The van der Waals surface area contributed by atoms with Gasteiger partial charge in [0.05, 0.1) is 4.91 Å². The first-order valence-electron chi connectivity index (χ1n) is 9.32. The Morgan fingerprint density at radius 1 is 1.13 bits per heavy atom. The van der Waals surface area contributed by atoms with Crippen LogP contribution >= 0.6 is 24.0 Å². The van der Waals surface area contributed by atoms with Crippen molar-refractivity contribution in [1.82, 2.24) is 9.47 Å². The predicted octanol–water partition coefficient (Wildman–Crippen LogP) is 4.80. The van der Waals surface area contributed by atoms with E-state index in [-0.39, 0.29) is 12.3 Å². The number of hydrogen-bond donors (Lipinski definition) is 1. The topological polar surface area (TPSA) is 75.7 Å². The number of thioether (sulfide) groups is 1. The van der Waals surface area contributed by atoms with E-state index in [1.807, 2.05) is 65.5 Å². The number of benzene rings is 1. The van der Waals surface area contributed by atoms with E-state index in [2.05, 4.69) is 0 Å². The van der Waals surface area contributed by atoms with Crippen molar-refractivity contribution in [2.24, 2.45) is 0 Å². The summed E-state index contributed by atoms with van der Waals surface area (Å²) >= 11 is 6.46. The van der Waals surface area contributed by atoms with Crippen molar-refractivity contribution >= 4 is 46.3 Å². The molecule has 1 fully saturated rings. The maximum Gasteiger partial charge on any atom is 0.303 e. The minimum absolute atomic E-state index is 0.000770. The SMILES string of the molecule is O=C(O)CCCN1C(=O)/C(=C/c2ccc(-c3ccc(-n4cccc4)cc3)o2)SC1=S. The molecule has 2 aromatic heterocycles. The van der Waals surface area contributed by atoms with Gasteiger partial charge >= 0.3 is 5.97 Å². The molecule has 30 heavy (non-hydrogen) atoms. The Labute approximate surface area is 182 Å².